The summed E-state index contributed by atoms with van der Waals surface area (Å²) in [6.45, 7) is 49.2. The van der Waals surface area contributed by atoms with E-state index in [4.69, 9.17) is 26.2 Å². The van der Waals surface area contributed by atoms with Gasteiger partial charge in [0.1, 0.15) is 0 Å². The van der Waals surface area contributed by atoms with Crippen molar-refractivity contribution >= 4 is 12.2 Å². The topological polar surface area (TPSA) is 64.5 Å². The van der Waals surface area contributed by atoms with Crippen LogP contribution in [0.3, 0.4) is 0 Å². The summed E-state index contributed by atoms with van der Waals surface area (Å²) < 4.78 is 0. The molecule has 0 saturated carbocycles. The molecule has 18 aromatic rings. The number of benzene rings is 13. The molecular formula is C129H112N5Ni5. The van der Waals surface area contributed by atoms with E-state index in [1.54, 1.807) is 18.2 Å². The molecule has 0 amide bonds. The van der Waals surface area contributed by atoms with Crippen LogP contribution in [0.1, 0.15) is 116 Å². The summed E-state index contributed by atoms with van der Waals surface area (Å²) >= 11 is 0. The molecule has 0 atom stereocenters. The van der Waals surface area contributed by atoms with Crippen molar-refractivity contribution in [3.05, 3.63) is 546 Å². The number of nitrogens with zero attached hydrogens (tertiary/aromatic N) is 5. The Morgan fingerprint density at radius 1 is 0.230 bits per heavy atom. The minimum Gasteiger partial charge on any atom is -0.521 e. The Labute approximate surface area is 881 Å². The van der Waals surface area contributed by atoms with Crippen molar-refractivity contribution in [3.8, 4) is 118 Å². The second kappa shape index (κ2) is 62.4. The summed E-state index contributed by atoms with van der Waals surface area (Å²) in [6, 6.07) is 165. The average molecular weight is 2030 g/mol. The molecular weight excluding hydrogens is 1910 g/mol. The van der Waals surface area contributed by atoms with E-state index in [2.05, 4.69) is 218 Å². The molecule has 5 aromatic heterocycles. The minimum atomic E-state index is 0. The zero-order chi connectivity index (χ0) is 95.8. The zero-order valence-corrected chi connectivity index (χ0v) is 85.2. The van der Waals surface area contributed by atoms with Crippen LogP contribution in [0.2, 0.25) is 0 Å². The molecule has 0 aliphatic carbocycles. The van der Waals surface area contributed by atoms with Gasteiger partial charge in [0.05, 0.1) is 0 Å². The monoisotopic (exact) mass is 2020 g/mol. The molecule has 5 nitrogen and oxygen atoms in total. The fraction of sp³-hybridized carbons (Fsp3) is 0.124. The Balaban J connectivity index is 0.000000329. The van der Waals surface area contributed by atoms with Gasteiger partial charge in [-0.1, -0.05) is 227 Å². The Morgan fingerprint density at radius 3 is 0.547 bits per heavy atom. The zero-order valence-electron chi connectivity index (χ0n) is 80.2. The molecule has 0 unspecified atom stereocenters. The van der Waals surface area contributed by atoms with Crippen molar-refractivity contribution < 1.29 is 82.5 Å². The normalized spacial score (nSPS) is 10.0. The molecule has 0 N–H and O–H groups in total. The van der Waals surface area contributed by atoms with E-state index in [0.29, 0.717) is 0 Å². The number of rotatable bonds is 12. The molecule has 703 valence electrons. The van der Waals surface area contributed by atoms with Crippen LogP contribution in [0.15, 0.2) is 419 Å². The maximum absolute atomic E-state index is 6.92. The maximum atomic E-state index is 6.92. The Bertz CT molecular complexity index is 5510. The van der Waals surface area contributed by atoms with Crippen LogP contribution in [-0.2, 0) is 98.7 Å². The molecule has 0 spiro atoms. The molecule has 0 fully saturated rings. The summed E-state index contributed by atoms with van der Waals surface area (Å²) in [5.74, 6) is 2.36. The van der Waals surface area contributed by atoms with Gasteiger partial charge in [0.2, 0.25) is 0 Å². The molecule has 0 aliphatic heterocycles. The Morgan fingerprint density at radius 2 is 0.410 bits per heavy atom. The van der Waals surface area contributed by atoms with E-state index in [-0.39, 0.29) is 104 Å². The van der Waals surface area contributed by atoms with Crippen LogP contribution in [-0.4, -0.2) is 24.9 Å². The van der Waals surface area contributed by atoms with E-state index in [0.717, 1.165) is 129 Å². The van der Waals surface area contributed by atoms with Crippen molar-refractivity contribution in [1.82, 2.24) is 24.9 Å². The smallest absolute Gasteiger partial charge is 0.521 e. The molecule has 139 heavy (non-hydrogen) atoms. The van der Waals surface area contributed by atoms with Crippen molar-refractivity contribution in [3.63, 3.8) is 0 Å². The third-order valence-electron chi connectivity index (χ3n) is 19.9. The third kappa shape index (κ3) is 41.0. The van der Waals surface area contributed by atoms with Crippen LogP contribution in [0.4, 0.5) is 0 Å². The molecule has 0 saturated heterocycles. The standard InChI is InChI=1S/5C17H11N.C16H23.C12H13.C8H7.C6H11.C2H3.5Ni/c5*1-3-8-14(9-4-1)16-12-7-13-17(18-16)15-10-5-2-6-11-15;1-8-12-9-13(15(2,3)4)11-14(10-12)16(5,6)7;1-5-10-6-8-11(9-7-10)12(2,3)4;1-2-8-6-4-3-5-7-8;1-5-6(2,3)4;1-2;;;;;/h5*1-8,10,12-13H;1,8-11H,2-7H3;6-9H,2-4H3;1-7H;1,5H,2-4H3;1H,2H2;;;;;/q5*-2;5*-1;5*+3. The summed E-state index contributed by atoms with van der Waals surface area (Å²) in [6.07, 6.45) is 11.9. The quantitative estimate of drug-likeness (QED) is 0.0693. The fourth-order valence-electron chi connectivity index (χ4n) is 12.4. The number of aromatic nitrogens is 5. The van der Waals surface area contributed by atoms with Gasteiger partial charge in [-0.05, 0) is 78.7 Å². The number of hydrogen-bond donors (Lipinski definition) is 0. The van der Waals surface area contributed by atoms with Crippen LogP contribution in [0.5, 0.6) is 0 Å². The van der Waals surface area contributed by atoms with E-state index in [1.165, 1.54) is 16.7 Å². The molecule has 18 rings (SSSR count). The third-order valence-corrected chi connectivity index (χ3v) is 19.9. The predicted molar refractivity (Wildman–Crippen MR) is 561 cm³/mol. The fourth-order valence-corrected chi connectivity index (χ4v) is 12.4. The van der Waals surface area contributed by atoms with Gasteiger partial charge in [-0.15, -0.1) is 401 Å². The van der Waals surface area contributed by atoms with Crippen LogP contribution in [0, 0.1) is 105 Å². The van der Waals surface area contributed by atoms with E-state index >= 15 is 0 Å². The van der Waals surface area contributed by atoms with Crippen LogP contribution in [0.25, 0.3) is 125 Å². The average Bonchev–Trinajstić information content (AvgIpc) is 0.807. The summed E-state index contributed by atoms with van der Waals surface area (Å²) in [7, 11) is 0. The van der Waals surface area contributed by atoms with E-state index in [9.17, 15) is 0 Å². The summed E-state index contributed by atoms with van der Waals surface area (Å²) in [5.41, 5.74) is 27.2. The molecule has 13 aromatic carbocycles. The van der Waals surface area contributed by atoms with Crippen molar-refractivity contribution in [2.45, 2.75) is 99.3 Å². The van der Waals surface area contributed by atoms with Crippen LogP contribution < -0.4 is 0 Å². The largest absolute Gasteiger partial charge is 3.00 e. The SMILES string of the molecule is [C-]#Cc1ccc(C(C)(C)C)cc1.[CH-]=C.[CH-]=CC(C)(C)C.[CH-]=Cc1cc(C(C)(C)C)cc(C(C)(C)C)c1.[CH-]=Cc1ccccc1.[Ni+3].[Ni+3].[Ni+3].[Ni+3].[Ni+3].[c-]1ccccc1-c1cccc(-c2[c-]cccc2)n1.[c-]1ccccc1-c1cccc(-c2[c-]cccc2)n1.[c-]1ccccc1-c1cccc(-c2[c-]cccc2)n1.[c-]1ccccc1-c1cccc(-c2[c-]cccc2)n1.[c-]1ccccc1-c1cccc(-c2[c-]cccc2)n1. The van der Waals surface area contributed by atoms with Gasteiger partial charge in [-0.3, -0.25) is 31.7 Å². The van der Waals surface area contributed by atoms with E-state index < -0.39 is 0 Å². The first kappa shape index (κ1) is 118. The summed E-state index contributed by atoms with van der Waals surface area (Å²) in [5, 5.41) is 0. The molecule has 5 radical (unpaired) electrons. The molecule has 10 heteroatoms. The Kier molecular flexibility index (Phi) is 53.0. The van der Waals surface area contributed by atoms with Crippen molar-refractivity contribution in [2.24, 2.45) is 5.41 Å². The van der Waals surface area contributed by atoms with Crippen LogP contribution >= 0.6 is 0 Å². The van der Waals surface area contributed by atoms with Crippen molar-refractivity contribution in [1.29, 1.82) is 0 Å². The number of pyridine rings is 5. The first-order valence-electron chi connectivity index (χ1n) is 44.2. The first-order valence-corrected chi connectivity index (χ1v) is 44.2. The Hall–Kier alpha value is -13.4. The van der Waals surface area contributed by atoms with Gasteiger partial charge in [0.15, 0.2) is 0 Å². The van der Waals surface area contributed by atoms with Crippen molar-refractivity contribution in [2.75, 3.05) is 0 Å². The second-order valence-corrected chi connectivity index (χ2v) is 34.4. The second-order valence-electron chi connectivity index (χ2n) is 34.4. The number of hydrogen-bond acceptors (Lipinski definition) is 5. The molecule has 5 heterocycles. The van der Waals surface area contributed by atoms with Gasteiger partial charge in [0.25, 0.3) is 0 Å². The maximum Gasteiger partial charge on any atom is 3.00 e. The van der Waals surface area contributed by atoms with Gasteiger partial charge in [0, 0.05) is 0 Å². The van der Waals surface area contributed by atoms with Gasteiger partial charge in [-0.25, -0.2) is 12.2 Å². The van der Waals surface area contributed by atoms with Gasteiger partial charge >= 0.3 is 82.5 Å². The number of allylic oxidation sites excluding steroid dienone is 1. The van der Waals surface area contributed by atoms with Gasteiger partial charge in [-0.2, -0.15) is 11.1 Å². The molecule has 0 aliphatic rings. The summed E-state index contributed by atoms with van der Waals surface area (Å²) in [4.78, 5) is 23.3. The minimum absolute atomic E-state index is 0. The predicted octanol–water partition coefficient (Wildman–Crippen LogP) is 32.5. The van der Waals surface area contributed by atoms with E-state index in [1.807, 2.05) is 376 Å². The molecule has 0 bridgehead atoms. The first-order chi connectivity index (χ1) is 64.8. The van der Waals surface area contributed by atoms with Gasteiger partial charge < -0.3 is 44.5 Å².